The van der Waals surface area contributed by atoms with E-state index in [1.54, 1.807) is 11.9 Å². The van der Waals surface area contributed by atoms with Gasteiger partial charge in [-0.15, -0.1) is 0 Å². The molecule has 2 atom stereocenters. The average Bonchev–Trinajstić information content (AvgIpc) is 3.29. The standard InChI is InChI=1S/C25H29F3N6O2S/c26-16-1-4-22(12-16)36-24-23(14-31-34(25(24)35)21-10-17(27)9-18(28)11-21)32-5-7-33(8-6-32)37-15-20-3-2-19(29)13-30-20/h2-3,9-11,14,16,22,30H,1,4-8,12-13,15,29H2/t16-,22?/m1/s1. The Balaban J connectivity index is 1.34. The smallest absolute Gasteiger partial charge is 0.316 e. The molecular formula is C25H29F3N6O2S. The van der Waals surface area contributed by atoms with E-state index in [4.69, 9.17) is 10.5 Å². The molecule has 3 N–H and O–H groups in total. The van der Waals surface area contributed by atoms with Crippen LogP contribution in [0.15, 0.2) is 52.7 Å². The first-order chi connectivity index (χ1) is 17.9. The van der Waals surface area contributed by atoms with Crippen LogP contribution in [0.3, 0.4) is 0 Å². The van der Waals surface area contributed by atoms with E-state index in [1.165, 1.54) is 6.20 Å². The van der Waals surface area contributed by atoms with Gasteiger partial charge >= 0.3 is 5.56 Å². The second kappa shape index (κ2) is 11.1. The molecule has 0 spiro atoms. The lowest BCUT2D eigenvalue weighted by atomic mass is 10.2. The largest absolute Gasteiger partial charge is 0.483 e. The molecule has 0 bridgehead atoms. The van der Waals surface area contributed by atoms with Crippen molar-refractivity contribution in [3.63, 3.8) is 0 Å². The van der Waals surface area contributed by atoms with Gasteiger partial charge in [-0.1, -0.05) is 11.9 Å². The maximum Gasteiger partial charge on any atom is 0.316 e. The van der Waals surface area contributed by atoms with Crippen LogP contribution in [0.1, 0.15) is 19.3 Å². The van der Waals surface area contributed by atoms with Crippen LogP contribution in [0.2, 0.25) is 0 Å². The van der Waals surface area contributed by atoms with Crippen LogP contribution in [-0.4, -0.2) is 64.8 Å². The van der Waals surface area contributed by atoms with E-state index in [1.807, 2.05) is 17.1 Å². The number of benzene rings is 1. The van der Waals surface area contributed by atoms with Crippen molar-refractivity contribution in [3.05, 3.63) is 69.9 Å². The molecule has 8 nitrogen and oxygen atoms in total. The Morgan fingerprint density at radius 2 is 1.86 bits per heavy atom. The molecule has 1 aromatic carbocycles. The third-order valence-corrected chi connectivity index (χ3v) is 7.78. The van der Waals surface area contributed by atoms with Crippen molar-refractivity contribution in [2.75, 3.05) is 43.4 Å². The van der Waals surface area contributed by atoms with E-state index in [-0.39, 0.29) is 17.9 Å². The molecule has 5 rings (SSSR count). The van der Waals surface area contributed by atoms with Gasteiger partial charge in [0.05, 0.1) is 18.4 Å². The summed E-state index contributed by atoms with van der Waals surface area (Å²) >= 11 is 1.72. The Bertz CT molecular complexity index is 1240. The van der Waals surface area contributed by atoms with E-state index < -0.39 is 29.5 Å². The molecule has 1 saturated heterocycles. The molecule has 1 saturated carbocycles. The van der Waals surface area contributed by atoms with Gasteiger partial charge in [0, 0.05) is 55.8 Å². The fraction of sp³-hybridized carbons (Fsp3) is 0.440. The number of halogens is 3. The zero-order chi connectivity index (χ0) is 25.9. The Kier molecular flexibility index (Phi) is 7.65. The molecule has 1 aliphatic carbocycles. The van der Waals surface area contributed by atoms with Crippen LogP contribution in [0.5, 0.6) is 5.75 Å². The normalized spacial score (nSPS) is 22.4. The van der Waals surface area contributed by atoms with Crippen molar-refractivity contribution in [1.82, 2.24) is 19.4 Å². The molecule has 2 aromatic rings. The summed E-state index contributed by atoms with van der Waals surface area (Å²) in [5.74, 6) is -0.815. The van der Waals surface area contributed by atoms with Crippen molar-refractivity contribution >= 4 is 17.6 Å². The van der Waals surface area contributed by atoms with Gasteiger partial charge in [-0.3, -0.25) is 4.79 Å². The van der Waals surface area contributed by atoms with Gasteiger partial charge in [0.15, 0.2) is 0 Å². The van der Waals surface area contributed by atoms with Gasteiger partial charge in [-0.2, -0.15) is 9.78 Å². The molecule has 3 heterocycles. The highest BCUT2D eigenvalue weighted by atomic mass is 32.2. The van der Waals surface area contributed by atoms with Gasteiger partial charge < -0.3 is 20.7 Å². The molecule has 2 fully saturated rings. The minimum absolute atomic E-state index is 0.0285. The highest BCUT2D eigenvalue weighted by Crippen LogP contribution is 2.32. The molecule has 12 heteroatoms. The number of dihydropyridines is 1. The van der Waals surface area contributed by atoms with Gasteiger partial charge in [-0.25, -0.2) is 17.5 Å². The number of nitrogens with one attached hydrogen (secondary N) is 1. The number of nitrogens with zero attached hydrogens (tertiary/aromatic N) is 4. The highest BCUT2D eigenvalue weighted by Gasteiger charge is 2.30. The molecule has 37 heavy (non-hydrogen) atoms. The van der Waals surface area contributed by atoms with Gasteiger partial charge in [0.1, 0.15) is 29.6 Å². The van der Waals surface area contributed by atoms with Crippen LogP contribution in [0.4, 0.5) is 18.9 Å². The summed E-state index contributed by atoms with van der Waals surface area (Å²) in [7, 11) is 0. The number of ether oxygens (including phenoxy) is 1. The first kappa shape index (κ1) is 25.5. The summed E-state index contributed by atoms with van der Waals surface area (Å²) in [6.07, 6.45) is 5.03. The number of piperazine rings is 1. The Morgan fingerprint density at radius 1 is 1.11 bits per heavy atom. The van der Waals surface area contributed by atoms with Gasteiger partial charge in [-0.05, 0) is 37.1 Å². The van der Waals surface area contributed by atoms with Crippen LogP contribution < -0.4 is 26.2 Å². The number of anilines is 1. The lowest BCUT2D eigenvalue weighted by molar-refractivity contribution is 0.193. The van der Waals surface area contributed by atoms with Crippen molar-refractivity contribution in [2.24, 2.45) is 5.73 Å². The zero-order valence-electron chi connectivity index (χ0n) is 20.2. The quantitative estimate of drug-likeness (QED) is 0.525. The molecule has 3 aliphatic rings. The minimum atomic E-state index is -0.976. The third-order valence-electron chi connectivity index (χ3n) is 6.61. The lowest BCUT2D eigenvalue weighted by Gasteiger charge is -2.36. The second-order valence-electron chi connectivity index (χ2n) is 9.33. The number of aromatic nitrogens is 2. The first-order valence-electron chi connectivity index (χ1n) is 12.3. The van der Waals surface area contributed by atoms with Crippen molar-refractivity contribution in [2.45, 2.75) is 31.5 Å². The van der Waals surface area contributed by atoms with Crippen LogP contribution in [0, 0.1) is 11.6 Å². The predicted molar refractivity (Wildman–Crippen MR) is 138 cm³/mol. The van der Waals surface area contributed by atoms with Crippen LogP contribution >= 0.6 is 11.9 Å². The lowest BCUT2D eigenvalue weighted by Crippen LogP contribution is -2.44. The molecule has 2 aliphatic heterocycles. The Hall–Kier alpha value is -3.12. The van der Waals surface area contributed by atoms with E-state index in [0.29, 0.717) is 38.2 Å². The maximum atomic E-state index is 13.8. The zero-order valence-corrected chi connectivity index (χ0v) is 21.0. The maximum absolute atomic E-state index is 13.8. The number of hydrogen-bond donors (Lipinski definition) is 2. The number of alkyl halides is 1. The SMILES string of the molecule is NC1=CC=C(CSN2CCN(c3cnn(-c4cc(F)cc(F)c4)c(=O)c3OC3CC[C@@H](F)C3)CC2)NC1. The average molecular weight is 535 g/mol. The Morgan fingerprint density at radius 3 is 2.51 bits per heavy atom. The predicted octanol–water partition coefficient (Wildman–Crippen LogP) is 2.88. The van der Waals surface area contributed by atoms with Gasteiger partial charge in [0.25, 0.3) is 0 Å². The molecule has 1 unspecified atom stereocenters. The number of nitrogens with two attached hydrogens (primary N) is 1. The first-order valence-corrected chi connectivity index (χ1v) is 13.2. The molecule has 0 radical (unpaired) electrons. The second-order valence-corrected chi connectivity index (χ2v) is 10.4. The summed E-state index contributed by atoms with van der Waals surface area (Å²) in [6, 6.07) is 2.79. The third kappa shape index (κ3) is 6.07. The van der Waals surface area contributed by atoms with E-state index in [2.05, 4.69) is 14.7 Å². The van der Waals surface area contributed by atoms with Crippen LogP contribution in [0.25, 0.3) is 5.69 Å². The molecule has 198 valence electrons. The van der Waals surface area contributed by atoms with Crippen LogP contribution in [-0.2, 0) is 0 Å². The number of hydrogen-bond acceptors (Lipinski definition) is 8. The van der Waals surface area contributed by atoms with Crippen molar-refractivity contribution in [3.8, 4) is 11.4 Å². The fourth-order valence-electron chi connectivity index (χ4n) is 4.63. The summed E-state index contributed by atoms with van der Waals surface area (Å²) in [5, 5.41) is 7.50. The van der Waals surface area contributed by atoms with Gasteiger partial charge in [0.2, 0.25) is 5.75 Å². The molecule has 1 aromatic heterocycles. The Labute approximate surface area is 217 Å². The monoisotopic (exact) mass is 534 g/mol. The fourth-order valence-corrected chi connectivity index (χ4v) is 5.57. The molecule has 0 amide bonds. The van der Waals surface area contributed by atoms with E-state index in [9.17, 15) is 18.0 Å². The van der Waals surface area contributed by atoms with E-state index >= 15 is 0 Å². The van der Waals surface area contributed by atoms with Crippen molar-refractivity contribution in [1.29, 1.82) is 0 Å². The minimum Gasteiger partial charge on any atom is -0.483 e. The summed E-state index contributed by atoms with van der Waals surface area (Å²) in [5.41, 5.74) is 7.52. The number of allylic oxidation sites excluding steroid dienone is 2. The summed E-state index contributed by atoms with van der Waals surface area (Å²) in [6.45, 7) is 3.37. The highest BCUT2D eigenvalue weighted by molar-refractivity contribution is 7.97. The summed E-state index contributed by atoms with van der Waals surface area (Å²) < 4.78 is 50.7. The van der Waals surface area contributed by atoms with Crippen molar-refractivity contribution < 1.29 is 17.9 Å². The topological polar surface area (TPSA) is 88.7 Å². The van der Waals surface area contributed by atoms with E-state index in [0.717, 1.165) is 53.1 Å². The number of rotatable bonds is 7. The summed E-state index contributed by atoms with van der Waals surface area (Å²) in [4.78, 5) is 15.5. The molecular weight excluding hydrogens is 505 g/mol.